The molecular formula is C25H23N3O4. The number of methoxy groups -OCH3 is 2. The highest BCUT2D eigenvalue weighted by Crippen LogP contribution is 2.36. The van der Waals surface area contributed by atoms with E-state index in [-0.39, 0.29) is 23.7 Å². The molecule has 1 aromatic heterocycles. The van der Waals surface area contributed by atoms with Crippen molar-refractivity contribution >= 4 is 23.1 Å². The van der Waals surface area contributed by atoms with Gasteiger partial charge < -0.3 is 14.8 Å². The summed E-state index contributed by atoms with van der Waals surface area (Å²) >= 11 is 0. The van der Waals surface area contributed by atoms with Crippen LogP contribution in [-0.4, -0.2) is 35.9 Å². The van der Waals surface area contributed by atoms with Gasteiger partial charge in [-0.05, 0) is 53.9 Å². The maximum Gasteiger partial charge on any atom is 0.278 e. The summed E-state index contributed by atoms with van der Waals surface area (Å²) in [7, 11) is 3.07. The number of amides is 2. The van der Waals surface area contributed by atoms with E-state index in [4.69, 9.17) is 9.47 Å². The predicted octanol–water partition coefficient (Wildman–Crippen LogP) is 3.80. The summed E-state index contributed by atoms with van der Waals surface area (Å²) in [5.74, 6) is 0.221. The molecule has 1 N–H and O–H groups in total. The highest BCUT2D eigenvalue weighted by molar-refractivity contribution is 6.36. The molecular weight excluding hydrogens is 406 g/mol. The van der Waals surface area contributed by atoms with Crippen molar-refractivity contribution in [2.75, 3.05) is 19.5 Å². The van der Waals surface area contributed by atoms with Crippen molar-refractivity contribution in [1.29, 1.82) is 0 Å². The predicted molar refractivity (Wildman–Crippen MR) is 121 cm³/mol. The molecule has 0 unspecified atom stereocenters. The molecule has 1 aliphatic rings. The van der Waals surface area contributed by atoms with Gasteiger partial charge in [-0.2, -0.15) is 0 Å². The van der Waals surface area contributed by atoms with E-state index < -0.39 is 5.91 Å². The van der Waals surface area contributed by atoms with Gasteiger partial charge in [-0.1, -0.05) is 24.3 Å². The van der Waals surface area contributed by atoms with Crippen LogP contribution in [-0.2, 0) is 16.1 Å². The molecule has 162 valence electrons. The molecule has 0 spiro atoms. The van der Waals surface area contributed by atoms with Gasteiger partial charge in [0.25, 0.3) is 11.8 Å². The number of imide groups is 1. The first-order valence-electron chi connectivity index (χ1n) is 10.1. The molecule has 0 fully saturated rings. The average molecular weight is 429 g/mol. The van der Waals surface area contributed by atoms with Crippen molar-refractivity contribution in [3.05, 3.63) is 89.4 Å². The van der Waals surface area contributed by atoms with Crippen LogP contribution in [0.4, 0.5) is 5.69 Å². The van der Waals surface area contributed by atoms with Crippen LogP contribution in [0.3, 0.4) is 0 Å². The Bertz CT molecular complexity index is 1200. The van der Waals surface area contributed by atoms with Crippen LogP contribution in [0.1, 0.15) is 16.7 Å². The third-order valence-corrected chi connectivity index (χ3v) is 5.19. The van der Waals surface area contributed by atoms with E-state index in [9.17, 15) is 9.59 Å². The van der Waals surface area contributed by atoms with E-state index in [0.29, 0.717) is 17.1 Å². The van der Waals surface area contributed by atoms with Gasteiger partial charge in [-0.25, -0.2) is 0 Å². The Balaban J connectivity index is 1.79. The van der Waals surface area contributed by atoms with Crippen LogP contribution in [0.15, 0.2) is 72.7 Å². The standard InChI is InChI=1S/C25H23N3O4/c1-16-6-4-8-19(12-16)27-23-22(18-9-10-20(31-2)21(13-18)32-3)24(29)28(25(23)30)15-17-7-5-11-26-14-17/h4-14,27H,15H2,1-3H3. The number of aryl methyl sites for hydroxylation is 1. The Morgan fingerprint density at radius 3 is 2.44 bits per heavy atom. The number of hydrogen-bond donors (Lipinski definition) is 1. The van der Waals surface area contributed by atoms with E-state index in [0.717, 1.165) is 16.8 Å². The summed E-state index contributed by atoms with van der Waals surface area (Å²) in [6.07, 6.45) is 3.29. The molecule has 7 nitrogen and oxygen atoms in total. The second-order valence-corrected chi connectivity index (χ2v) is 7.37. The number of benzene rings is 2. The molecule has 32 heavy (non-hydrogen) atoms. The highest BCUT2D eigenvalue weighted by atomic mass is 16.5. The van der Waals surface area contributed by atoms with Gasteiger partial charge >= 0.3 is 0 Å². The summed E-state index contributed by atoms with van der Waals surface area (Å²) < 4.78 is 10.7. The number of pyridine rings is 1. The van der Waals surface area contributed by atoms with Gasteiger partial charge in [0.05, 0.1) is 26.3 Å². The maximum absolute atomic E-state index is 13.5. The number of carbonyl (C=O) groups is 2. The van der Waals surface area contributed by atoms with Crippen molar-refractivity contribution in [2.45, 2.75) is 13.5 Å². The second kappa shape index (κ2) is 8.93. The van der Waals surface area contributed by atoms with Crippen LogP contribution in [0.25, 0.3) is 5.57 Å². The Morgan fingerprint density at radius 1 is 0.938 bits per heavy atom. The summed E-state index contributed by atoms with van der Waals surface area (Å²) in [4.78, 5) is 32.1. The number of carbonyl (C=O) groups excluding carboxylic acids is 2. The fourth-order valence-corrected chi connectivity index (χ4v) is 3.64. The topological polar surface area (TPSA) is 80.8 Å². The van der Waals surface area contributed by atoms with E-state index in [2.05, 4.69) is 10.3 Å². The zero-order valence-electron chi connectivity index (χ0n) is 18.1. The van der Waals surface area contributed by atoms with Gasteiger partial charge in [0, 0.05) is 18.1 Å². The fraction of sp³-hybridized carbons (Fsp3) is 0.160. The third kappa shape index (κ3) is 4.05. The molecule has 1 aliphatic heterocycles. The SMILES string of the molecule is COc1ccc(C2=C(Nc3cccc(C)c3)C(=O)N(Cc3cccnc3)C2=O)cc1OC. The van der Waals surface area contributed by atoms with Gasteiger partial charge in [0.2, 0.25) is 0 Å². The van der Waals surface area contributed by atoms with Crippen LogP contribution in [0.5, 0.6) is 11.5 Å². The number of ether oxygens (including phenoxy) is 2. The normalized spacial score (nSPS) is 13.5. The zero-order chi connectivity index (χ0) is 22.7. The van der Waals surface area contributed by atoms with Gasteiger partial charge in [0.1, 0.15) is 5.70 Å². The monoisotopic (exact) mass is 429 g/mol. The molecule has 0 atom stereocenters. The Morgan fingerprint density at radius 2 is 1.75 bits per heavy atom. The third-order valence-electron chi connectivity index (χ3n) is 5.19. The number of aromatic nitrogens is 1. The minimum atomic E-state index is -0.398. The molecule has 0 saturated carbocycles. The number of rotatable bonds is 7. The highest BCUT2D eigenvalue weighted by Gasteiger charge is 2.39. The molecule has 7 heteroatoms. The van der Waals surface area contributed by atoms with E-state index in [1.807, 2.05) is 37.3 Å². The molecule has 0 bridgehead atoms. The summed E-state index contributed by atoms with van der Waals surface area (Å²) in [5.41, 5.74) is 3.58. The zero-order valence-corrected chi connectivity index (χ0v) is 18.1. The van der Waals surface area contributed by atoms with Crippen molar-refractivity contribution in [1.82, 2.24) is 9.88 Å². The van der Waals surface area contributed by atoms with E-state index in [1.165, 1.54) is 12.0 Å². The Hall–Kier alpha value is -4.13. The molecule has 4 rings (SSSR count). The number of nitrogens with one attached hydrogen (secondary N) is 1. The quantitative estimate of drug-likeness (QED) is 0.576. The van der Waals surface area contributed by atoms with Crippen LogP contribution >= 0.6 is 0 Å². The minimum Gasteiger partial charge on any atom is -0.493 e. The van der Waals surface area contributed by atoms with Crippen LogP contribution in [0, 0.1) is 6.92 Å². The summed E-state index contributed by atoms with van der Waals surface area (Å²) in [6.45, 7) is 2.09. The lowest BCUT2D eigenvalue weighted by molar-refractivity contribution is -0.137. The molecule has 0 radical (unpaired) electrons. The van der Waals surface area contributed by atoms with Gasteiger partial charge in [-0.15, -0.1) is 0 Å². The van der Waals surface area contributed by atoms with Gasteiger partial charge in [0.15, 0.2) is 11.5 Å². The van der Waals surface area contributed by atoms with Crippen molar-refractivity contribution in [2.24, 2.45) is 0 Å². The molecule has 0 aliphatic carbocycles. The lowest BCUT2D eigenvalue weighted by Crippen LogP contribution is -2.32. The molecule has 2 amide bonds. The smallest absolute Gasteiger partial charge is 0.278 e. The van der Waals surface area contributed by atoms with Crippen molar-refractivity contribution in [3.63, 3.8) is 0 Å². The van der Waals surface area contributed by atoms with E-state index >= 15 is 0 Å². The molecule has 2 heterocycles. The van der Waals surface area contributed by atoms with Crippen molar-refractivity contribution < 1.29 is 19.1 Å². The number of hydrogen-bond acceptors (Lipinski definition) is 6. The minimum absolute atomic E-state index is 0.126. The number of nitrogens with zero attached hydrogens (tertiary/aromatic N) is 2. The molecule has 3 aromatic rings. The Kier molecular flexibility index (Phi) is 5.89. The molecule has 2 aromatic carbocycles. The van der Waals surface area contributed by atoms with Gasteiger partial charge in [-0.3, -0.25) is 19.5 Å². The summed E-state index contributed by atoms with van der Waals surface area (Å²) in [6, 6.07) is 16.4. The van der Waals surface area contributed by atoms with Crippen LogP contribution in [0.2, 0.25) is 0 Å². The first kappa shape index (κ1) is 21.1. The Labute approximate surface area is 186 Å². The van der Waals surface area contributed by atoms with Crippen LogP contribution < -0.4 is 14.8 Å². The van der Waals surface area contributed by atoms with E-state index in [1.54, 1.807) is 43.8 Å². The summed E-state index contributed by atoms with van der Waals surface area (Å²) in [5, 5.41) is 3.17. The first-order valence-corrected chi connectivity index (χ1v) is 10.1. The second-order valence-electron chi connectivity index (χ2n) is 7.37. The first-order chi connectivity index (χ1) is 15.5. The van der Waals surface area contributed by atoms with Crippen molar-refractivity contribution in [3.8, 4) is 11.5 Å². The fourth-order valence-electron chi connectivity index (χ4n) is 3.64. The lowest BCUT2D eigenvalue weighted by Gasteiger charge is -2.15. The average Bonchev–Trinajstić information content (AvgIpc) is 3.03. The lowest BCUT2D eigenvalue weighted by atomic mass is 10.0. The number of anilines is 1. The molecule has 0 saturated heterocycles. The largest absolute Gasteiger partial charge is 0.493 e. The maximum atomic E-state index is 13.5.